The quantitative estimate of drug-likeness (QED) is 0.797. The van der Waals surface area contributed by atoms with Crippen molar-refractivity contribution in [3.05, 3.63) is 30.3 Å². The van der Waals surface area contributed by atoms with E-state index in [9.17, 15) is 0 Å². The molecule has 1 rings (SSSR count). The first-order chi connectivity index (χ1) is 7.70. The first-order valence-corrected chi connectivity index (χ1v) is 5.54. The average molecular weight is 218 g/mol. The SMILES string of the molecule is CCNC(C)(C#N)CCOc1ccccc1. The van der Waals surface area contributed by atoms with Gasteiger partial charge in [-0.15, -0.1) is 0 Å². The molecule has 86 valence electrons. The minimum Gasteiger partial charge on any atom is -0.493 e. The normalized spacial score (nSPS) is 13.8. The van der Waals surface area contributed by atoms with Crippen LogP contribution in [-0.4, -0.2) is 18.7 Å². The lowest BCUT2D eigenvalue weighted by Crippen LogP contribution is -2.42. The monoisotopic (exact) mass is 218 g/mol. The smallest absolute Gasteiger partial charge is 0.119 e. The second-order valence-corrected chi connectivity index (χ2v) is 3.89. The van der Waals surface area contributed by atoms with E-state index in [1.54, 1.807) is 0 Å². The first-order valence-electron chi connectivity index (χ1n) is 5.54. The Morgan fingerprint density at radius 2 is 2.06 bits per heavy atom. The summed E-state index contributed by atoms with van der Waals surface area (Å²) in [5.74, 6) is 0.847. The third kappa shape index (κ3) is 3.92. The summed E-state index contributed by atoms with van der Waals surface area (Å²) in [6.45, 7) is 5.22. The average Bonchev–Trinajstić information content (AvgIpc) is 2.31. The molecular formula is C13H18N2O. The van der Waals surface area contributed by atoms with Gasteiger partial charge >= 0.3 is 0 Å². The van der Waals surface area contributed by atoms with Gasteiger partial charge in [0, 0.05) is 6.42 Å². The van der Waals surface area contributed by atoms with Gasteiger partial charge in [-0.2, -0.15) is 5.26 Å². The third-order valence-electron chi connectivity index (χ3n) is 2.43. The van der Waals surface area contributed by atoms with Crippen LogP contribution in [0.1, 0.15) is 20.3 Å². The number of hydrogen-bond acceptors (Lipinski definition) is 3. The molecule has 1 aromatic rings. The molecule has 0 heterocycles. The number of benzene rings is 1. The van der Waals surface area contributed by atoms with E-state index in [0.29, 0.717) is 13.0 Å². The van der Waals surface area contributed by atoms with E-state index in [2.05, 4.69) is 11.4 Å². The maximum Gasteiger partial charge on any atom is 0.119 e. The van der Waals surface area contributed by atoms with Gasteiger partial charge in [-0.05, 0) is 25.6 Å². The fourth-order valence-electron chi connectivity index (χ4n) is 1.46. The van der Waals surface area contributed by atoms with Gasteiger partial charge in [-0.1, -0.05) is 25.1 Å². The highest BCUT2D eigenvalue weighted by atomic mass is 16.5. The number of nitriles is 1. The molecule has 3 nitrogen and oxygen atoms in total. The molecule has 0 aliphatic heterocycles. The summed E-state index contributed by atoms with van der Waals surface area (Å²) in [7, 11) is 0. The molecule has 0 saturated heterocycles. The van der Waals surface area contributed by atoms with Gasteiger partial charge < -0.3 is 4.74 Å². The van der Waals surface area contributed by atoms with Crippen LogP contribution >= 0.6 is 0 Å². The van der Waals surface area contributed by atoms with Gasteiger partial charge in [0.15, 0.2) is 0 Å². The van der Waals surface area contributed by atoms with E-state index in [4.69, 9.17) is 10.00 Å². The van der Waals surface area contributed by atoms with Gasteiger partial charge in [0.1, 0.15) is 11.3 Å². The molecule has 0 saturated carbocycles. The molecule has 0 amide bonds. The molecule has 1 aromatic carbocycles. The number of ether oxygens (including phenoxy) is 1. The lowest BCUT2D eigenvalue weighted by Gasteiger charge is -2.22. The molecular weight excluding hydrogens is 200 g/mol. The first kappa shape index (κ1) is 12.5. The minimum absolute atomic E-state index is 0.496. The summed E-state index contributed by atoms with van der Waals surface area (Å²) in [6, 6.07) is 11.9. The second kappa shape index (κ2) is 6.14. The maximum atomic E-state index is 9.05. The van der Waals surface area contributed by atoms with Crippen LogP contribution in [0.15, 0.2) is 30.3 Å². The molecule has 0 radical (unpaired) electrons. The van der Waals surface area contributed by atoms with Crippen molar-refractivity contribution in [2.75, 3.05) is 13.2 Å². The largest absolute Gasteiger partial charge is 0.493 e. The van der Waals surface area contributed by atoms with E-state index in [0.717, 1.165) is 12.3 Å². The van der Waals surface area contributed by atoms with Gasteiger partial charge in [-0.3, -0.25) is 5.32 Å². The van der Waals surface area contributed by atoms with Crippen LogP contribution in [0.3, 0.4) is 0 Å². The van der Waals surface area contributed by atoms with Crippen molar-refractivity contribution in [3.63, 3.8) is 0 Å². The molecule has 0 spiro atoms. The summed E-state index contributed by atoms with van der Waals surface area (Å²) in [6.07, 6.45) is 0.673. The summed E-state index contributed by atoms with van der Waals surface area (Å²) in [5.41, 5.74) is -0.496. The fourth-order valence-corrected chi connectivity index (χ4v) is 1.46. The lowest BCUT2D eigenvalue weighted by molar-refractivity contribution is 0.269. The summed E-state index contributed by atoms with van der Waals surface area (Å²) in [4.78, 5) is 0. The van der Waals surface area contributed by atoms with E-state index in [-0.39, 0.29) is 0 Å². The highest BCUT2D eigenvalue weighted by Crippen LogP contribution is 2.12. The molecule has 16 heavy (non-hydrogen) atoms. The molecule has 1 atom stereocenters. The van der Waals surface area contributed by atoms with Crippen molar-refractivity contribution >= 4 is 0 Å². The van der Waals surface area contributed by atoms with Crippen LogP contribution in [0.4, 0.5) is 0 Å². The molecule has 0 bridgehead atoms. The number of nitrogens with one attached hydrogen (secondary N) is 1. The maximum absolute atomic E-state index is 9.05. The van der Waals surface area contributed by atoms with Crippen molar-refractivity contribution in [3.8, 4) is 11.8 Å². The van der Waals surface area contributed by atoms with E-state index in [1.165, 1.54) is 0 Å². The topological polar surface area (TPSA) is 45.0 Å². The van der Waals surface area contributed by atoms with Crippen molar-refractivity contribution in [2.45, 2.75) is 25.8 Å². The highest BCUT2D eigenvalue weighted by molar-refractivity contribution is 5.21. The Morgan fingerprint density at radius 1 is 1.38 bits per heavy atom. The summed E-state index contributed by atoms with van der Waals surface area (Å²) >= 11 is 0. The van der Waals surface area contributed by atoms with Crippen molar-refractivity contribution in [1.29, 1.82) is 5.26 Å². The highest BCUT2D eigenvalue weighted by Gasteiger charge is 2.21. The van der Waals surface area contributed by atoms with E-state index in [1.807, 2.05) is 44.2 Å². The minimum atomic E-state index is -0.496. The Morgan fingerprint density at radius 3 is 2.62 bits per heavy atom. The zero-order chi connectivity index (χ0) is 11.9. The Bertz CT molecular complexity index is 345. The fraction of sp³-hybridized carbons (Fsp3) is 0.462. The van der Waals surface area contributed by atoms with Gasteiger partial charge in [0.05, 0.1) is 12.7 Å². The molecule has 0 fully saturated rings. The van der Waals surface area contributed by atoms with E-state index < -0.39 is 5.54 Å². The standard InChI is InChI=1S/C13H18N2O/c1-3-15-13(2,11-14)9-10-16-12-7-5-4-6-8-12/h4-8,15H,3,9-10H2,1-2H3. The van der Waals surface area contributed by atoms with Crippen molar-refractivity contribution in [1.82, 2.24) is 5.32 Å². The van der Waals surface area contributed by atoms with Crippen LogP contribution in [0.5, 0.6) is 5.75 Å². The number of para-hydroxylation sites is 1. The van der Waals surface area contributed by atoms with Gasteiger partial charge in [0.2, 0.25) is 0 Å². The van der Waals surface area contributed by atoms with E-state index >= 15 is 0 Å². The third-order valence-corrected chi connectivity index (χ3v) is 2.43. The molecule has 3 heteroatoms. The Kier molecular flexibility index (Phi) is 4.81. The van der Waals surface area contributed by atoms with Crippen LogP contribution in [0.25, 0.3) is 0 Å². The van der Waals surface area contributed by atoms with Crippen LogP contribution in [0, 0.1) is 11.3 Å². The second-order valence-electron chi connectivity index (χ2n) is 3.89. The molecule has 1 N–H and O–H groups in total. The predicted molar refractivity (Wildman–Crippen MR) is 64.2 cm³/mol. The van der Waals surface area contributed by atoms with Crippen LogP contribution in [0.2, 0.25) is 0 Å². The lowest BCUT2D eigenvalue weighted by atomic mass is 10.0. The van der Waals surface area contributed by atoms with Crippen molar-refractivity contribution in [2.24, 2.45) is 0 Å². The van der Waals surface area contributed by atoms with Gasteiger partial charge in [-0.25, -0.2) is 0 Å². The molecule has 0 aliphatic carbocycles. The number of rotatable bonds is 6. The zero-order valence-electron chi connectivity index (χ0n) is 9.86. The van der Waals surface area contributed by atoms with Crippen LogP contribution in [-0.2, 0) is 0 Å². The zero-order valence-corrected chi connectivity index (χ0v) is 9.86. The Hall–Kier alpha value is -1.53. The molecule has 1 unspecified atom stereocenters. The Balaban J connectivity index is 2.38. The summed E-state index contributed by atoms with van der Waals surface area (Å²) < 4.78 is 5.56. The number of hydrogen-bond donors (Lipinski definition) is 1. The predicted octanol–water partition coefficient (Wildman–Crippen LogP) is 2.35. The van der Waals surface area contributed by atoms with Crippen molar-refractivity contribution < 1.29 is 4.74 Å². The molecule has 0 aliphatic rings. The number of nitrogens with zero attached hydrogens (tertiary/aromatic N) is 1. The van der Waals surface area contributed by atoms with Crippen LogP contribution < -0.4 is 10.1 Å². The van der Waals surface area contributed by atoms with Gasteiger partial charge in [0.25, 0.3) is 0 Å². The Labute approximate surface area is 97.0 Å². The molecule has 0 aromatic heterocycles. The summed E-state index contributed by atoms with van der Waals surface area (Å²) in [5, 5.41) is 12.2.